The largest absolute Gasteiger partial charge is 0.486 e. The maximum Gasteiger partial charge on any atom is 0.408 e. The van der Waals surface area contributed by atoms with Gasteiger partial charge in [0, 0.05) is 16.5 Å². The Morgan fingerprint density at radius 2 is 2.07 bits per heavy atom. The highest BCUT2D eigenvalue weighted by Gasteiger charge is 2.52. The monoisotopic (exact) mass is 422 g/mol. The molecule has 1 saturated heterocycles. The Balaban J connectivity index is 1.64. The van der Waals surface area contributed by atoms with Gasteiger partial charge in [0.05, 0.1) is 6.04 Å². The standard InChI is InChI=1S/C21H27ClN2O5/c1-20(2,3)29-19(27)23-16(9-13-11-21(7-8-21)24-18(13)26)17(25)12-28-15-6-4-5-14(22)10-15/h4-6,10,13,16H,7-9,11-12H2,1-3H3,(H,23,27)(H,24,26)/t13?,16-/m1/s1. The van der Waals surface area contributed by atoms with Crippen LogP contribution in [0.1, 0.15) is 46.5 Å². The minimum atomic E-state index is -0.881. The summed E-state index contributed by atoms with van der Waals surface area (Å²) in [5.74, 6) is -0.271. The molecule has 1 spiro atoms. The molecule has 2 atom stereocenters. The van der Waals surface area contributed by atoms with Gasteiger partial charge in [-0.1, -0.05) is 17.7 Å². The topological polar surface area (TPSA) is 93.7 Å². The molecule has 2 amide bonds. The minimum absolute atomic E-state index is 0.0675. The summed E-state index contributed by atoms with van der Waals surface area (Å²) in [7, 11) is 0. The molecule has 1 saturated carbocycles. The fourth-order valence-electron chi connectivity index (χ4n) is 3.47. The lowest BCUT2D eigenvalue weighted by Gasteiger charge is -2.24. The van der Waals surface area contributed by atoms with Crippen molar-refractivity contribution in [3.63, 3.8) is 0 Å². The number of benzene rings is 1. The van der Waals surface area contributed by atoms with Crippen LogP contribution in [0.5, 0.6) is 5.75 Å². The molecule has 2 N–H and O–H groups in total. The lowest BCUT2D eigenvalue weighted by Crippen LogP contribution is -2.46. The number of hydrogen-bond acceptors (Lipinski definition) is 5. The van der Waals surface area contributed by atoms with Crippen LogP contribution >= 0.6 is 11.6 Å². The van der Waals surface area contributed by atoms with E-state index < -0.39 is 17.7 Å². The molecule has 2 aliphatic rings. The van der Waals surface area contributed by atoms with Crippen LogP contribution in [0.15, 0.2) is 24.3 Å². The summed E-state index contributed by atoms with van der Waals surface area (Å²) in [6, 6.07) is 5.84. The second-order valence-electron chi connectivity index (χ2n) is 8.82. The number of rotatable bonds is 7. The SMILES string of the molecule is CC(C)(C)OC(=O)N[C@H](CC1CC2(CC2)NC1=O)C(=O)COc1cccc(Cl)c1. The highest BCUT2D eigenvalue weighted by Crippen LogP contribution is 2.46. The van der Waals surface area contributed by atoms with E-state index in [2.05, 4.69) is 10.6 Å². The van der Waals surface area contributed by atoms with Crippen LogP contribution in [0.2, 0.25) is 5.02 Å². The molecule has 1 aromatic carbocycles. The van der Waals surface area contributed by atoms with E-state index in [-0.39, 0.29) is 36.2 Å². The fraction of sp³-hybridized carbons (Fsp3) is 0.571. The van der Waals surface area contributed by atoms with Gasteiger partial charge in [0.15, 0.2) is 5.78 Å². The van der Waals surface area contributed by atoms with Crippen molar-refractivity contribution in [2.45, 2.75) is 63.6 Å². The molecule has 0 radical (unpaired) electrons. The van der Waals surface area contributed by atoms with Gasteiger partial charge in [-0.25, -0.2) is 4.79 Å². The Morgan fingerprint density at radius 1 is 1.34 bits per heavy atom. The Kier molecular flexibility index (Phi) is 6.08. The molecule has 1 aliphatic heterocycles. The third-order valence-corrected chi connectivity index (χ3v) is 5.26. The quantitative estimate of drug-likeness (QED) is 0.703. The van der Waals surface area contributed by atoms with Crippen LogP contribution in [0, 0.1) is 5.92 Å². The summed E-state index contributed by atoms with van der Waals surface area (Å²) in [4.78, 5) is 37.4. The van der Waals surface area contributed by atoms with Crippen molar-refractivity contribution in [1.29, 1.82) is 0 Å². The van der Waals surface area contributed by atoms with Crippen molar-refractivity contribution in [3.05, 3.63) is 29.3 Å². The third-order valence-electron chi connectivity index (χ3n) is 5.03. The van der Waals surface area contributed by atoms with Gasteiger partial charge < -0.3 is 20.1 Å². The summed E-state index contributed by atoms with van der Waals surface area (Å²) in [6.07, 6.45) is 2.13. The number of carbonyl (C=O) groups is 3. The molecule has 7 nitrogen and oxygen atoms in total. The van der Waals surface area contributed by atoms with Gasteiger partial charge in [-0.05, 0) is 64.7 Å². The first-order valence-electron chi connectivity index (χ1n) is 9.78. The van der Waals surface area contributed by atoms with Gasteiger partial charge in [0.2, 0.25) is 5.91 Å². The molecule has 2 fully saturated rings. The summed E-state index contributed by atoms with van der Waals surface area (Å²) in [5.41, 5.74) is -0.795. The number of alkyl carbamates (subject to hydrolysis) is 1. The lowest BCUT2D eigenvalue weighted by atomic mass is 9.93. The maximum absolute atomic E-state index is 12.8. The van der Waals surface area contributed by atoms with E-state index in [1.54, 1.807) is 45.0 Å². The van der Waals surface area contributed by atoms with Gasteiger partial charge in [0.25, 0.3) is 0 Å². The zero-order valence-electron chi connectivity index (χ0n) is 16.9. The second kappa shape index (κ2) is 8.22. The molecule has 158 valence electrons. The molecule has 0 bridgehead atoms. The number of carbonyl (C=O) groups excluding carboxylic acids is 3. The van der Waals surface area contributed by atoms with Crippen molar-refractivity contribution >= 4 is 29.4 Å². The normalized spacial score (nSPS) is 20.7. The van der Waals surface area contributed by atoms with Crippen LogP contribution in [-0.4, -0.2) is 41.6 Å². The van der Waals surface area contributed by atoms with Crippen LogP contribution in [-0.2, 0) is 14.3 Å². The minimum Gasteiger partial charge on any atom is -0.486 e. The van der Waals surface area contributed by atoms with Crippen LogP contribution < -0.4 is 15.4 Å². The number of ketones is 1. The van der Waals surface area contributed by atoms with E-state index in [0.29, 0.717) is 17.2 Å². The average molecular weight is 423 g/mol. The number of amides is 2. The van der Waals surface area contributed by atoms with E-state index in [9.17, 15) is 14.4 Å². The number of Topliss-reactive ketones (excluding diaryl/α,β-unsaturated/α-hetero) is 1. The Hall–Kier alpha value is -2.28. The molecule has 29 heavy (non-hydrogen) atoms. The first kappa shape index (κ1) is 21.4. The lowest BCUT2D eigenvalue weighted by molar-refractivity contribution is -0.125. The number of hydrogen-bond donors (Lipinski definition) is 2. The van der Waals surface area contributed by atoms with Gasteiger partial charge >= 0.3 is 6.09 Å². The smallest absolute Gasteiger partial charge is 0.408 e. The first-order chi connectivity index (χ1) is 13.6. The zero-order valence-corrected chi connectivity index (χ0v) is 17.7. The highest BCUT2D eigenvalue weighted by molar-refractivity contribution is 6.30. The molecule has 8 heteroatoms. The molecular weight excluding hydrogens is 396 g/mol. The van der Waals surface area contributed by atoms with Crippen LogP contribution in [0.4, 0.5) is 4.79 Å². The van der Waals surface area contributed by atoms with E-state index in [4.69, 9.17) is 21.1 Å². The second-order valence-corrected chi connectivity index (χ2v) is 9.25. The van der Waals surface area contributed by atoms with Crippen molar-refractivity contribution < 1.29 is 23.9 Å². The van der Waals surface area contributed by atoms with Crippen LogP contribution in [0.3, 0.4) is 0 Å². The summed E-state index contributed by atoms with van der Waals surface area (Å²) < 4.78 is 10.8. The van der Waals surface area contributed by atoms with E-state index in [1.807, 2.05) is 0 Å². The van der Waals surface area contributed by atoms with Crippen molar-refractivity contribution in [2.24, 2.45) is 5.92 Å². The third kappa shape index (κ3) is 6.10. The zero-order chi connectivity index (χ0) is 21.2. The molecule has 0 aromatic heterocycles. The number of halogens is 1. The fourth-order valence-corrected chi connectivity index (χ4v) is 3.65. The van der Waals surface area contributed by atoms with Crippen LogP contribution in [0.25, 0.3) is 0 Å². The summed E-state index contributed by atoms with van der Waals surface area (Å²) in [5, 5.41) is 6.13. The van der Waals surface area contributed by atoms with Gasteiger partial charge in [-0.15, -0.1) is 0 Å². The summed E-state index contributed by atoms with van der Waals surface area (Å²) in [6.45, 7) is 4.98. The van der Waals surface area contributed by atoms with Crippen molar-refractivity contribution in [1.82, 2.24) is 10.6 Å². The highest BCUT2D eigenvalue weighted by atomic mass is 35.5. The maximum atomic E-state index is 12.8. The van der Waals surface area contributed by atoms with Gasteiger partial charge in [-0.2, -0.15) is 0 Å². The predicted molar refractivity (Wildman–Crippen MR) is 108 cm³/mol. The van der Waals surface area contributed by atoms with E-state index in [0.717, 1.165) is 12.8 Å². The summed E-state index contributed by atoms with van der Waals surface area (Å²) >= 11 is 5.93. The molecule has 3 rings (SSSR count). The number of ether oxygens (including phenoxy) is 2. The Morgan fingerprint density at radius 3 is 2.66 bits per heavy atom. The Labute approximate surface area is 175 Å². The van der Waals surface area contributed by atoms with E-state index in [1.165, 1.54) is 0 Å². The molecule has 1 aromatic rings. The van der Waals surface area contributed by atoms with Crippen molar-refractivity contribution in [3.8, 4) is 5.75 Å². The van der Waals surface area contributed by atoms with Crippen molar-refractivity contribution in [2.75, 3.05) is 6.61 Å². The average Bonchev–Trinajstić information content (AvgIpc) is 3.27. The van der Waals surface area contributed by atoms with E-state index >= 15 is 0 Å². The molecule has 1 heterocycles. The molecule has 1 unspecified atom stereocenters. The molecule has 1 aliphatic carbocycles. The first-order valence-corrected chi connectivity index (χ1v) is 10.2. The predicted octanol–water partition coefficient (Wildman–Crippen LogP) is 3.24. The molecular formula is C21H27ClN2O5. The Bertz CT molecular complexity index is 801. The van der Waals surface area contributed by atoms with Gasteiger partial charge in [0.1, 0.15) is 18.0 Å². The number of nitrogens with one attached hydrogen (secondary N) is 2. The van der Waals surface area contributed by atoms with Gasteiger partial charge in [-0.3, -0.25) is 9.59 Å².